The average Bonchev–Trinajstić information content (AvgIpc) is 2.85. The lowest BCUT2D eigenvalue weighted by molar-refractivity contribution is 0.406. The number of fused-ring (bicyclic) bond motifs is 1. The van der Waals surface area contributed by atoms with Gasteiger partial charge in [-0.25, -0.2) is 0 Å². The highest BCUT2D eigenvalue weighted by Gasteiger charge is 2.30. The van der Waals surface area contributed by atoms with Gasteiger partial charge in [0.05, 0.1) is 16.4 Å². The highest BCUT2D eigenvalue weighted by Crippen LogP contribution is 2.43. The fraction of sp³-hybridized carbons (Fsp3) is 0.467. The van der Waals surface area contributed by atoms with E-state index in [1.807, 2.05) is 12.1 Å². The number of halogens is 1. The van der Waals surface area contributed by atoms with Gasteiger partial charge in [-0.3, -0.25) is 9.59 Å². The van der Waals surface area contributed by atoms with Crippen LogP contribution in [0.25, 0.3) is 11.0 Å². The number of alkyl halides is 1. The molecule has 2 aromatic rings. The number of rotatable bonds is 2. The maximum atomic E-state index is 11.4. The lowest BCUT2D eigenvalue weighted by Gasteiger charge is -2.22. The molecule has 0 radical (unpaired) electrons. The van der Waals surface area contributed by atoms with Crippen molar-refractivity contribution in [3.63, 3.8) is 0 Å². The van der Waals surface area contributed by atoms with Gasteiger partial charge in [-0.2, -0.15) is 0 Å². The molecule has 0 aliphatic heterocycles. The molecule has 0 spiro atoms. The summed E-state index contributed by atoms with van der Waals surface area (Å²) >= 11 is 6.61. The lowest BCUT2D eigenvalue weighted by atomic mass is 9.90. The Hall–Kier alpha value is -1.55. The van der Waals surface area contributed by atoms with Crippen LogP contribution < -0.4 is 11.1 Å². The van der Waals surface area contributed by atoms with Crippen LogP contribution in [0.2, 0.25) is 0 Å². The van der Waals surface area contributed by atoms with Gasteiger partial charge in [0.25, 0.3) is 0 Å². The molecule has 1 heterocycles. The Labute approximate surface area is 121 Å². The van der Waals surface area contributed by atoms with Crippen molar-refractivity contribution in [1.82, 2.24) is 9.97 Å². The molecule has 5 heteroatoms. The number of nitrogens with one attached hydrogen (secondary N) is 2. The van der Waals surface area contributed by atoms with Crippen LogP contribution in [0.5, 0.6) is 0 Å². The van der Waals surface area contributed by atoms with E-state index < -0.39 is 11.1 Å². The Morgan fingerprint density at radius 2 is 1.85 bits per heavy atom. The number of H-pyrrole nitrogens is 2. The second-order valence-corrected chi connectivity index (χ2v) is 6.16. The Bertz CT molecular complexity index is 749. The quantitative estimate of drug-likeness (QED) is 0.660. The van der Waals surface area contributed by atoms with Crippen molar-refractivity contribution in [3.05, 3.63) is 44.5 Å². The summed E-state index contributed by atoms with van der Waals surface area (Å²) in [5.41, 5.74) is 0.998. The fourth-order valence-electron chi connectivity index (χ4n) is 3.16. The van der Waals surface area contributed by atoms with Crippen LogP contribution in [0.15, 0.2) is 27.8 Å². The minimum Gasteiger partial charge on any atom is -0.316 e. The standard InChI is InChI=1S/C15H17ClN2O2/c1-8-3-2-4-10(8)13(16)9-5-6-11-12(7-9)18-15(20)14(19)17-11/h5-8,10,13H,2-4H2,1H3,(H,17,19)(H,18,20). The third-order valence-electron chi connectivity index (χ3n) is 4.37. The van der Waals surface area contributed by atoms with E-state index in [1.54, 1.807) is 6.07 Å². The molecule has 4 nitrogen and oxygen atoms in total. The van der Waals surface area contributed by atoms with Crippen LogP contribution >= 0.6 is 11.6 Å². The number of hydrogen-bond donors (Lipinski definition) is 2. The summed E-state index contributed by atoms with van der Waals surface area (Å²) < 4.78 is 0. The predicted molar refractivity (Wildman–Crippen MR) is 80.3 cm³/mol. The molecule has 1 aliphatic rings. The maximum absolute atomic E-state index is 11.4. The van der Waals surface area contributed by atoms with Crippen LogP contribution in [-0.4, -0.2) is 9.97 Å². The van der Waals surface area contributed by atoms with Gasteiger partial charge in [0.15, 0.2) is 0 Å². The molecule has 1 fully saturated rings. The number of benzene rings is 1. The third-order valence-corrected chi connectivity index (χ3v) is 4.94. The zero-order chi connectivity index (χ0) is 14.3. The van der Waals surface area contributed by atoms with Crippen molar-refractivity contribution in [2.45, 2.75) is 31.6 Å². The molecule has 1 aromatic heterocycles. The van der Waals surface area contributed by atoms with E-state index in [0.717, 1.165) is 12.0 Å². The summed E-state index contributed by atoms with van der Waals surface area (Å²) in [6.07, 6.45) is 3.61. The van der Waals surface area contributed by atoms with E-state index in [0.29, 0.717) is 22.9 Å². The minimum atomic E-state index is -0.630. The second kappa shape index (κ2) is 5.09. The summed E-state index contributed by atoms with van der Waals surface area (Å²) in [4.78, 5) is 27.8. The first kappa shape index (κ1) is 13.4. The molecule has 0 amide bonds. The summed E-state index contributed by atoms with van der Waals surface area (Å²) in [5, 5.41) is -0.0488. The molecule has 2 N–H and O–H groups in total. The average molecular weight is 293 g/mol. The first-order chi connectivity index (χ1) is 9.56. The fourth-order valence-corrected chi connectivity index (χ4v) is 3.67. The summed E-state index contributed by atoms with van der Waals surface area (Å²) in [6.45, 7) is 2.24. The highest BCUT2D eigenvalue weighted by molar-refractivity contribution is 6.21. The van der Waals surface area contributed by atoms with Crippen molar-refractivity contribution in [3.8, 4) is 0 Å². The van der Waals surface area contributed by atoms with Crippen LogP contribution in [-0.2, 0) is 0 Å². The molecule has 3 atom stereocenters. The van der Waals surface area contributed by atoms with Gasteiger partial charge >= 0.3 is 11.1 Å². The molecule has 20 heavy (non-hydrogen) atoms. The van der Waals surface area contributed by atoms with Gasteiger partial charge in [0.1, 0.15) is 0 Å². The smallest absolute Gasteiger partial charge is 0.314 e. The monoisotopic (exact) mass is 292 g/mol. The molecule has 1 aromatic carbocycles. The van der Waals surface area contributed by atoms with E-state index >= 15 is 0 Å². The van der Waals surface area contributed by atoms with Crippen molar-refractivity contribution in [1.29, 1.82) is 0 Å². The Morgan fingerprint density at radius 3 is 2.50 bits per heavy atom. The number of aromatic nitrogens is 2. The van der Waals surface area contributed by atoms with Gasteiger partial charge in [-0.15, -0.1) is 11.6 Å². The summed E-state index contributed by atoms with van der Waals surface area (Å²) in [5.74, 6) is 1.10. The van der Waals surface area contributed by atoms with Crippen molar-refractivity contribution in [2.75, 3.05) is 0 Å². The van der Waals surface area contributed by atoms with E-state index in [4.69, 9.17) is 11.6 Å². The first-order valence-electron chi connectivity index (χ1n) is 6.96. The largest absolute Gasteiger partial charge is 0.316 e. The predicted octanol–water partition coefficient (Wildman–Crippen LogP) is 2.93. The van der Waals surface area contributed by atoms with E-state index in [2.05, 4.69) is 16.9 Å². The molecule has 1 saturated carbocycles. The molecule has 3 rings (SSSR count). The first-order valence-corrected chi connectivity index (χ1v) is 7.40. The van der Waals surface area contributed by atoms with Gasteiger partial charge in [-0.05, 0) is 36.0 Å². The topological polar surface area (TPSA) is 65.7 Å². The Balaban J connectivity index is 2.02. The molecule has 0 saturated heterocycles. The van der Waals surface area contributed by atoms with Gasteiger partial charge in [0, 0.05) is 0 Å². The molecule has 106 valence electrons. The van der Waals surface area contributed by atoms with E-state index in [9.17, 15) is 9.59 Å². The highest BCUT2D eigenvalue weighted by atomic mass is 35.5. The van der Waals surface area contributed by atoms with E-state index in [-0.39, 0.29) is 5.38 Å². The normalized spacial score (nSPS) is 24.1. The zero-order valence-corrected chi connectivity index (χ0v) is 12.0. The van der Waals surface area contributed by atoms with Crippen LogP contribution in [0, 0.1) is 11.8 Å². The molecule has 3 unspecified atom stereocenters. The molecule has 0 bridgehead atoms. The molecule has 1 aliphatic carbocycles. The van der Waals surface area contributed by atoms with Gasteiger partial charge in [-0.1, -0.05) is 25.8 Å². The Morgan fingerprint density at radius 1 is 1.15 bits per heavy atom. The maximum Gasteiger partial charge on any atom is 0.314 e. The zero-order valence-electron chi connectivity index (χ0n) is 11.3. The lowest BCUT2D eigenvalue weighted by Crippen LogP contribution is -2.28. The van der Waals surface area contributed by atoms with Crippen LogP contribution in [0.4, 0.5) is 0 Å². The van der Waals surface area contributed by atoms with Gasteiger partial charge in [0.2, 0.25) is 0 Å². The van der Waals surface area contributed by atoms with E-state index in [1.165, 1.54) is 12.8 Å². The Kier molecular flexibility index (Phi) is 3.42. The van der Waals surface area contributed by atoms with Gasteiger partial charge < -0.3 is 9.97 Å². The summed E-state index contributed by atoms with van der Waals surface area (Å²) in [7, 11) is 0. The third kappa shape index (κ3) is 2.29. The van der Waals surface area contributed by atoms with Crippen LogP contribution in [0.1, 0.15) is 37.1 Å². The van der Waals surface area contributed by atoms with Crippen molar-refractivity contribution < 1.29 is 0 Å². The minimum absolute atomic E-state index is 0.0488. The molecular formula is C15H17ClN2O2. The summed E-state index contributed by atoms with van der Waals surface area (Å²) in [6, 6.07) is 5.60. The van der Waals surface area contributed by atoms with Crippen LogP contribution in [0.3, 0.4) is 0 Å². The van der Waals surface area contributed by atoms with Crippen molar-refractivity contribution >= 4 is 22.6 Å². The number of hydrogen-bond acceptors (Lipinski definition) is 2. The second-order valence-electron chi connectivity index (χ2n) is 5.69. The number of aromatic amines is 2. The SMILES string of the molecule is CC1CCCC1C(Cl)c1ccc2[nH]c(=O)c(=O)[nH]c2c1. The molecular weight excluding hydrogens is 276 g/mol. The van der Waals surface area contributed by atoms with Crippen molar-refractivity contribution in [2.24, 2.45) is 11.8 Å².